The summed E-state index contributed by atoms with van der Waals surface area (Å²) in [6.45, 7) is 39.0. The van der Waals surface area contributed by atoms with Crippen LogP contribution in [-0.4, -0.2) is 107 Å². The van der Waals surface area contributed by atoms with Crippen molar-refractivity contribution < 1.29 is 192 Å². The van der Waals surface area contributed by atoms with Gasteiger partial charge in [0.05, 0.1) is 59.2 Å². The van der Waals surface area contributed by atoms with Gasteiger partial charge < -0.3 is 49.0 Å². The van der Waals surface area contributed by atoms with E-state index >= 15 is 0 Å². The molecule has 4 aromatic carbocycles. The molecule has 13 rings (SSSR count). The fourth-order valence-electron chi connectivity index (χ4n) is 10.3. The molecule has 12 aromatic rings. The minimum absolute atomic E-state index is 0. The van der Waals surface area contributed by atoms with Crippen LogP contribution < -0.4 is 163 Å². The number of fused-ring (bicyclic) bond motifs is 2. The number of phenolic OH excluding ortho intramolecular Hbond substituents is 1. The molecule has 0 radical (unpaired) electrons. The zero-order chi connectivity index (χ0) is 86.1. The van der Waals surface area contributed by atoms with Gasteiger partial charge in [0.1, 0.15) is 71.5 Å². The Morgan fingerprint density at radius 1 is 0.513 bits per heavy atom. The number of carbonyl (C=O) groups is 1. The van der Waals surface area contributed by atoms with Gasteiger partial charge in [-0.1, -0.05) is 41.8 Å². The Morgan fingerprint density at radius 2 is 0.855 bits per heavy atom. The number of halogens is 5. The number of hydrogen-bond donors (Lipinski definition) is 1. The minimum atomic E-state index is -0.305. The number of ether oxygens (including phenoxy) is 3. The summed E-state index contributed by atoms with van der Waals surface area (Å²) in [5, 5.41) is 19.7. The number of terminal acetylenes is 2. The van der Waals surface area contributed by atoms with Crippen LogP contribution in [0, 0.1) is 131 Å². The van der Waals surface area contributed by atoms with E-state index in [1.54, 1.807) is 83.9 Å². The van der Waals surface area contributed by atoms with E-state index in [9.17, 15) is 5.11 Å². The summed E-state index contributed by atoms with van der Waals surface area (Å²) in [5.41, 5.74) is 20.3. The maximum absolute atomic E-state index is 9.39. The van der Waals surface area contributed by atoms with E-state index in [1.807, 2.05) is 145 Å². The molecular formula is C85H93B2Br4ClCs2N12O11. The monoisotopic (exact) mass is 2100 g/mol. The number of nitrogens with zero attached hydrogens (tertiary/aromatic N) is 12. The van der Waals surface area contributed by atoms with Crippen LogP contribution in [0.25, 0.3) is 55.6 Å². The van der Waals surface area contributed by atoms with Crippen LogP contribution in [-0.2, 0) is 19.0 Å². The molecule has 0 saturated carbocycles. The van der Waals surface area contributed by atoms with Crippen molar-refractivity contribution in [1.82, 2.24) is 59.8 Å². The molecule has 1 fully saturated rings. The van der Waals surface area contributed by atoms with Crippen molar-refractivity contribution >= 4 is 119 Å². The molecule has 9 heterocycles. The molecule has 32 heteroatoms. The third kappa shape index (κ3) is 35.7. The zero-order valence-corrected chi connectivity index (χ0v) is 90.0. The standard InChI is InChI=1S/C19H16N4O2.C14H21BO3.C14H16N2O.C13H14N2O.C6H7BrN2.C6H3ClN2O.C5H4.C4H6.C3H4.CH2O3.BBr3.2Cs.H/c1-11-8-14(25-19-16-6-7-24-18(16)22-10-23-19)4-5-15(11)17-12(2)20-9-21-13(17)3;1-10-9-11(16-6)7-8-12(10)15-17-13(2,3)14(4,5)18-15;1-9-7-12(17-4)5-6-13(9)14-10(2)15-8-16-11(14)3;1-8-6-11(16)4-5-12(8)13-9(2)14-7-15-10(13)3;1-4-6(7)5(2)9-3-8-4;7-5-4-1-2-10-6(4)9-3-8-5;1-3-5-4-2;1-3-4-2;1-3-2;2-1-4-3;2-1(3)4;;;/h4-10H,1-3H3;7-9H,1-6H3;5-8H,1-4H3;4-7,16H,1-3H3;3H,1-2H3;1-3H;1H,2H3;1-2H3;1H,2H3;1,3H;;;;/q;;;;;;;;;;;2*+1;-1/p-1. The normalized spacial score (nSPS) is 10.9. The topological polar surface area (TPSA) is 297 Å². The van der Waals surface area contributed by atoms with Crippen molar-refractivity contribution in [3.05, 3.63) is 213 Å². The van der Waals surface area contributed by atoms with Crippen LogP contribution in [0.15, 0.2) is 149 Å². The van der Waals surface area contributed by atoms with E-state index in [1.165, 1.54) is 30.0 Å². The van der Waals surface area contributed by atoms with E-state index < -0.39 is 0 Å². The molecule has 8 aromatic heterocycles. The molecular weight excluding hydrogens is 2010 g/mol. The van der Waals surface area contributed by atoms with E-state index in [0.29, 0.717) is 28.2 Å². The number of furan rings is 2. The Balaban J connectivity index is 0.00000135. The number of hydrogen-bond acceptors (Lipinski definition) is 23. The molecule has 23 nitrogen and oxygen atoms in total. The van der Waals surface area contributed by atoms with Gasteiger partial charge >= 0.3 is 148 Å². The van der Waals surface area contributed by atoms with Crippen LogP contribution in [0.3, 0.4) is 0 Å². The number of aryl methyl sites for hydroxylation is 12. The average Bonchev–Trinajstić information content (AvgIpc) is 1.58. The number of aromatic hydroxyl groups is 1. The van der Waals surface area contributed by atoms with Crippen molar-refractivity contribution in [2.75, 3.05) is 14.2 Å². The van der Waals surface area contributed by atoms with Crippen LogP contribution in [0.1, 0.15) is 125 Å². The Bertz CT molecular complexity index is 5270. The molecule has 117 heavy (non-hydrogen) atoms. The number of aromatic nitrogens is 12. The molecule has 0 amide bonds. The van der Waals surface area contributed by atoms with Gasteiger partial charge in [-0.25, -0.2) is 59.8 Å². The first kappa shape index (κ1) is 109. The summed E-state index contributed by atoms with van der Waals surface area (Å²) in [5.74, 6) is 17.9. The SMILES string of the molecule is BrB(Br)Br.C#CC.C#CC#CC.CC#CC.COc1ccc(-c2c(C)ncnc2C)c(C)c1.COc1ccc(B2OC(C)(C)C(C)(C)O2)c(C)c1.Cc1cc(O)ccc1-c1c(C)ncnc1C.Cc1cc(Oc2ncnc3occc23)ccc1-c1c(C)ncnc1C.Cc1ncnc(C)c1Br.Clc1ncnc2occc12.O=CO[O-].[Cs+].[Cs+].[H-]. The van der Waals surface area contributed by atoms with Crippen LogP contribution in [0.2, 0.25) is 5.15 Å². The Hall–Kier alpha value is -6.33. The molecule has 1 saturated heterocycles. The van der Waals surface area contributed by atoms with Crippen molar-refractivity contribution in [2.24, 2.45) is 0 Å². The predicted molar refractivity (Wildman–Crippen MR) is 471 cm³/mol. The molecule has 602 valence electrons. The summed E-state index contributed by atoms with van der Waals surface area (Å²) in [6.07, 6.45) is 21.5. The number of methoxy groups -OCH3 is 2. The molecule has 1 aliphatic rings. The van der Waals surface area contributed by atoms with Crippen molar-refractivity contribution in [2.45, 2.75) is 150 Å². The minimum Gasteiger partial charge on any atom is -1.00 e. The Morgan fingerprint density at radius 3 is 1.20 bits per heavy atom. The van der Waals surface area contributed by atoms with Crippen molar-refractivity contribution in [3.63, 3.8) is 0 Å². The Kier molecular flexibility index (Phi) is 53.0. The number of rotatable bonds is 9. The zero-order valence-electron chi connectivity index (χ0n) is 71.4. The largest absolute Gasteiger partial charge is 1.00 e. The summed E-state index contributed by atoms with van der Waals surface area (Å²) in [6, 6.07) is 26.8. The van der Waals surface area contributed by atoms with E-state index in [-0.39, 0.29) is 173 Å². The third-order valence-electron chi connectivity index (χ3n) is 16.6. The van der Waals surface area contributed by atoms with Crippen molar-refractivity contribution in [3.8, 4) is 111 Å². The quantitative estimate of drug-likeness (QED) is 0.0350. The van der Waals surface area contributed by atoms with Crippen LogP contribution in [0.5, 0.6) is 28.9 Å². The van der Waals surface area contributed by atoms with Gasteiger partial charge in [-0.3, -0.25) is 4.79 Å². The molecule has 0 atom stereocenters. The molecule has 0 aliphatic carbocycles. The first-order chi connectivity index (χ1) is 54.6. The summed E-state index contributed by atoms with van der Waals surface area (Å²) in [4.78, 5) is 60.6. The molecule has 0 spiro atoms. The fourth-order valence-corrected chi connectivity index (χ4v) is 10.7. The Labute approximate surface area is 845 Å². The number of benzene rings is 4. The van der Waals surface area contributed by atoms with Gasteiger partial charge in [-0.05, 0) is 271 Å². The van der Waals surface area contributed by atoms with Gasteiger partial charge in [0.2, 0.25) is 17.3 Å². The van der Waals surface area contributed by atoms with Gasteiger partial charge in [-0.2, -0.15) is 0 Å². The summed E-state index contributed by atoms with van der Waals surface area (Å²) < 4.78 is 40.0. The number of phenols is 1. The predicted octanol–water partition coefficient (Wildman–Crippen LogP) is 13.3. The van der Waals surface area contributed by atoms with Gasteiger partial charge in [0, 0.05) is 50.9 Å². The van der Waals surface area contributed by atoms with Crippen molar-refractivity contribution in [1.29, 1.82) is 0 Å². The molecule has 1 N–H and O–H groups in total. The van der Waals surface area contributed by atoms with Gasteiger partial charge in [0.15, 0.2) is 0 Å². The fraction of sp³-hybridized carbons (Fsp3) is 0.282. The maximum Gasteiger partial charge on any atom is 1.00 e. The second kappa shape index (κ2) is 57.1. The summed E-state index contributed by atoms with van der Waals surface area (Å²) >= 11 is 18.4. The third-order valence-corrected chi connectivity index (χ3v) is 18.0. The smallest absolute Gasteiger partial charge is 1.00 e. The molecule has 1 aliphatic heterocycles. The average molecular weight is 2100 g/mol. The number of carbonyl (C=O) groups excluding carboxylic acids is 1. The van der Waals surface area contributed by atoms with Gasteiger partial charge in [0.25, 0.3) is 6.47 Å². The van der Waals surface area contributed by atoms with E-state index in [0.717, 1.165) is 122 Å². The van der Waals surface area contributed by atoms with E-state index in [2.05, 4.69) is 211 Å². The first-order valence-electron chi connectivity index (χ1n) is 34.9. The molecule has 0 unspecified atom stereocenters. The second-order valence-corrected chi connectivity index (χ2v) is 32.6. The van der Waals surface area contributed by atoms with E-state index in [4.69, 9.17) is 60.4 Å². The van der Waals surface area contributed by atoms with Crippen LogP contribution >= 0.6 is 74.8 Å². The van der Waals surface area contributed by atoms with Crippen LogP contribution in [0.4, 0.5) is 0 Å². The first-order valence-corrected chi connectivity index (χ1v) is 38.8. The second-order valence-electron chi connectivity index (χ2n) is 25.1. The van der Waals surface area contributed by atoms with Gasteiger partial charge in [-0.15, -0.1) is 77.9 Å². The maximum atomic E-state index is 9.39. The molecule has 0 bridgehead atoms. The summed E-state index contributed by atoms with van der Waals surface area (Å²) in [7, 11) is 3.04.